The summed E-state index contributed by atoms with van der Waals surface area (Å²) >= 11 is 6.11. The molecule has 0 aromatic heterocycles. The molecule has 1 fully saturated rings. The van der Waals surface area contributed by atoms with E-state index in [9.17, 15) is 13.6 Å². The van der Waals surface area contributed by atoms with Gasteiger partial charge in [-0.1, -0.05) is 15.9 Å². The van der Waals surface area contributed by atoms with Crippen LogP contribution >= 0.6 is 31.9 Å². The molecular weight excluding hydrogens is 360 g/mol. The number of amides is 1. The normalized spacial score (nSPS) is 20.1. The predicted octanol–water partition coefficient (Wildman–Crippen LogP) is 3.48. The second-order valence-electron chi connectivity index (χ2n) is 3.95. The Morgan fingerprint density at radius 3 is 2.41 bits per heavy atom. The molecule has 6 heteroatoms. The second-order valence-corrected chi connectivity index (χ2v) is 5.39. The van der Waals surface area contributed by atoms with Crippen LogP contribution in [-0.4, -0.2) is 17.8 Å². The molecule has 0 saturated carbocycles. The third-order valence-corrected chi connectivity index (χ3v) is 4.38. The van der Waals surface area contributed by atoms with E-state index in [2.05, 4.69) is 31.9 Å². The maximum absolute atomic E-state index is 13.4. The van der Waals surface area contributed by atoms with Gasteiger partial charge in [0.15, 0.2) is 0 Å². The molecule has 92 valence electrons. The standard InChI is InChI=1S/C11H9Br2F2NO/c12-4-6-1-10(17)16(5-6)7-2-8(14)11(13)9(15)3-7/h2-3,6H,1,4-5H2. The molecule has 1 aromatic rings. The van der Waals surface area contributed by atoms with E-state index in [1.807, 2.05) is 0 Å². The molecule has 1 atom stereocenters. The summed E-state index contributed by atoms with van der Waals surface area (Å²) in [4.78, 5) is 13.1. The number of alkyl halides is 1. The van der Waals surface area contributed by atoms with Crippen LogP contribution in [0.4, 0.5) is 14.5 Å². The second kappa shape index (κ2) is 5.02. The Kier molecular flexibility index (Phi) is 3.82. The Bertz CT molecular complexity index is 444. The van der Waals surface area contributed by atoms with Gasteiger partial charge in [0.25, 0.3) is 0 Å². The first kappa shape index (κ1) is 13.0. The quantitative estimate of drug-likeness (QED) is 0.578. The van der Waals surface area contributed by atoms with Crippen LogP contribution in [0.15, 0.2) is 16.6 Å². The van der Waals surface area contributed by atoms with Crippen LogP contribution < -0.4 is 4.90 Å². The average molecular weight is 369 g/mol. The molecule has 1 aliphatic rings. The molecular formula is C11H9Br2F2NO. The van der Waals surface area contributed by atoms with Crippen LogP contribution in [0, 0.1) is 17.6 Å². The Morgan fingerprint density at radius 1 is 1.35 bits per heavy atom. The van der Waals surface area contributed by atoms with Crippen LogP contribution in [0.2, 0.25) is 0 Å². The fourth-order valence-corrected chi connectivity index (χ4v) is 2.50. The van der Waals surface area contributed by atoms with Gasteiger partial charge in [-0.25, -0.2) is 8.78 Å². The molecule has 2 rings (SSSR count). The summed E-state index contributed by atoms with van der Waals surface area (Å²) in [6, 6.07) is 2.34. The number of benzene rings is 1. The van der Waals surface area contributed by atoms with E-state index in [-0.39, 0.29) is 22.0 Å². The first-order valence-electron chi connectivity index (χ1n) is 5.03. The maximum Gasteiger partial charge on any atom is 0.227 e. The third kappa shape index (κ3) is 2.52. The lowest BCUT2D eigenvalue weighted by Gasteiger charge is -2.17. The van der Waals surface area contributed by atoms with E-state index >= 15 is 0 Å². The van der Waals surface area contributed by atoms with Crippen LogP contribution in [0.5, 0.6) is 0 Å². The van der Waals surface area contributed by atoms with Gasteiger partial charge in [-0.2, -0.15) is 0 Å². The Hall–Kier alpha value is -0.490. The van der Waals surface area contributed by atoms with E-state index in [1.165, 1.54) is 17.0 Å². The van der Waals surface area contributed by atoms with Gasteiger partial charge < -0.3 is 4.90 Å². The van der Waals surface area contributed by atoms with Gasteiger partial charge in [0.1, 0.15) is 11.6 Å². The van der Waals surface area contributed by atoms with Crippen molar-refractivity contribution >= 4 is 43.5 Å². The van der Waals surface area contributed by atoms with Crippen molar-refractivity contribution in [2.24, 2.45) is 5.92 Å². The average Bonchev–Trinajstić information content (AvgIpc) is 2.67. The van der Waals surface area contributed by atoms with Crippen molar-refractivity contribution in [2.45, 2.75) is 6.42 Å². The topological polar surface area (TPSA) is 20.3 Å². The molecule has 2 nitrogen and oxygen atoms in total. The van der Waals surface area contributed by atoms with Gasteiger partial charge >= 0.3 is 0 Å². The molecule has 1 unspecified atom stereocenters. The number of nitrogens with zero attached hydrogens (tertiary/aromatic N) is 1. The van der Waals surface area contributed by atoms with Crippen molar-refractivity contribution in [3.8, 4) is 0 Å². The summed E-state index contributed by atoms with van der Waals surface area (Å²) in [5.74, 6) is -1.31. The molecule has 17 heavy (non-hydrogen) atoms. The van der Waals surface area contributed by atoms with Crippen molar-refractivity contribution in [3.63, 3.8) is 0 Å². The Morgan fingerprint density at radius 2 is 1.94 bits per heavy atom. The number of carbonyl (C=O) groups excluding carboxylic acids is 1. The monoisotopic (exact) mass is 367 g/mol. The number of rotatable bonds is 2. The van der Waals surface area contributed by atoms with Crippen molar-refractivity contribution in [1.82, 2.24) is 0 Å². The lowest BCUT2D eigenvalue weighted by atomic mass is 10.2. The third-order valence-electron chi connectivity index (χ3n) is 2.70. The van der Waals surface area contributed by atoms with Crippen molar-refractivity contribution in [1.29, 1.82) is 0 Å². The van der Waals surface area contributed by atoms with Gasteiger partial charge in [-0.15, -0.1) is 0 Å². The zero-order valence-corrected chi connectivity index (χ0v) is 11.9. The summed E-state index contributed by atoms with van der Waals surface area (Å²) in [6.07, 6.45) is 0.407. The molecule has 1 amide bonds. The number of carbonyl (C=O) groups is 1. The lowest BCUT2D eigenvalue weighted by Crippen LogP contribution is -2.25. The SMILES string of the molecule is O=C1CC(CBr)CN1c1cc(F)c(Br)c(F)c1. The predicted molar refractivity (Wildman–Crippen MR) is 68.3 cm³/mol. The number of hydrogen-bond donors (Lipinski definition) is 0. The van der Waals surface area contributed by atoms with Gasteiger partial charge in [0, 0.05) is 24.0 Å². The zero-order valence-electron chi connectivity index (χ0n) is 8.72. The molecule has 1 aliphatic heterocycles. The van der Waals surface area contributed by atoms with Crippen molar-refractivity contribution in [3.05, 3.63) is 28.2 Å². The fourth-order valence-electron chi connectivity index (χ4n) is 1.83. The highest BCUT2D eigenvalue weighted by Gasteiger charge is 2.30. The smallest absolute Gasteiger partial charge is 0.227 e. The Labute approximate surface area is 114 Å². The minimum absolute atomic E-state index is 0.101. The summed E-state index contributed by atoms with van der Waals surface area (Å²) in [6.45, 7) is 0.491. The van der Waals surface area contributed by atoms with Gasteiger partial charge in [0.05, 0.1) is 4.47 Å². The number of hydrogen-bond acceptors (Lipinski definition) is 1. The number of anilines is 1. The van der Waals surface area contributed by atoms with E-state index in [1.54, 1.807) is 0 Å². The maximum atomic E-state index is 13.4. The molecule has 1 saturated heterocycles. The van der Waals surface area contributed by atoms with Crippen molar-refractivity contribution < 1.29 is 13.6 Å². The summed E-state index contributed by atoms with van der Waals surface area (Å²) in [5.41, 5.74) is 0.275. The molecule has 0 radical (unpaired) electrons. The molecule has 0 aliphatic carbocycles. The fraction of sp³-hybridized carbons (Fsp3) is 0.364. The molecule has 1 aromatic carbocycles. The van der Waals surface area contributed by atoms with Gasteiger partial charge in [-0.3, -0.25) is 4.79 Å². The van der Waals surface area contributed by atoms with Gasteiger partial charge in [0.2, 0.25) is 5.91 Å². The first-order chi connectivity index (χ1) is 8.02. The number of halogens is 4. The molecule has 0 bridgehead atoms. The van der Waals surface area contributed by atoms with E-state index in [4.69, 9.17) is 0 Å². The van der Waals surface area contributed by atoms with Crippen LogP contribution in [0.25, 0.3) is 0 Å². The van der Waals surface area contributed by atoms with Gasteiger partial charge in [-0.05, 0) is 34.0 Å². The largest absolute Gasteiger partial charge is 0.312 e. The summed E-state index contributed by atoms with van der Waals surface area (Å²) in [7, 11) is 0. The Balaban J connectivity index is 2.32. The van der Waals surface area contributed by atoms with E-state index in [0.29, 0.717) is 18.3 Å². The minimum atomic E-state index is -0.699. The lowest BCUT2D eigenvalue weighted by molar-refractivity contribution is -0.117. The summed E-state index contributed by atoms with van der Waals surface area (Å²) < 4.78 is 26.5. The van der Waals surface area contributed by atoms with Crippen LogP contribution in [0.3, 0.4) is 0 Å². The summed E-state index contributed by atoms with van der Waals surface area (Å²) in [5, 5.41) is 0.705. The molecule has 0 N–H and O–H groups in total. The van der Waals surface area contributed by atoms with E-state index in [0.717, 1.165) is 0 Å². The molecule has 0 spiro atoms. The highest BCUT2D eigenvalue weighted by atomic mass is 79.9. The van der Waals surface area contributed by atoms with E-state index < -0.39 is 11.6 Å². The minimum Gasteiger partial charge on any atom is -0.312 e. The van der Waals surface area contributed by atoms with Crippen molar-refractivity contribution in [2.75, 3.05) is 16.8 Å². The highest BCUT2D eigenvalue weighted by Crippen LogP contribution is 2.30. The first-order valence-corrected chi connectivity index (χ1v) is 6.95. The zero-order chi connectivity index (χ0) is 12.6. The molecule has 1 heterocycles. The van der Waals surface area contributed by atoms with Crippen LogP contribution in [-0.2, 0) is 4.79 Å². The highest BCUT2D eigenvalue weighted by molar-refractivity contribution is 9.10. The van der Waals surface area contributed by atoms with Crippen LogP contribution in [0.1, 0.15) is 6.42 Å².